The van der Waals surface area contributed by atoms with Gasteiger partial charge in [0, 0.05) is 6.54 Å². The average molecular weight is 147 g/mol. The first kappa shape index (κ1) is 9.39. The molecule has 0 saturated carbocycles. The largest absolute Gasteiger partial charge is 0.466 e. The molecule has 0 rings (SSSR count). The highest BCUT2D eigenvalue weighted by molar-refractivity contribution is 5.69. The molecule has 0 radical (unpaired) electrons. The van der Waals surface area contributed by atoms with Crippen molar-refractivity contribution in [3.63, 3.8) is 0 Å². The summed E-state index contributed by atoms with van der Waals surface area (Å²) >= 11 is 0. The summed E-state index contributed by atoms with van der Waals surface area (Å²) in [5.74, 6) is -0.233. The van der Waals surface area contributed by atoms with Gasteiger partial charge in [-0.2, -0.15) is 0 Å². The normalized spacial score (nSPS) is 9.40. The molecule has 0 aromatic carbocycles. The lowest BCUT2D eigenvalue weighted by Gasteiger charge is -2.00. The standard InChI is InChI=1S/C6H13NO3/c1-2-10-6(9)3-4-7-5-8/h7-8H,2-5H2,1H3. The zero-order chi connectivity index (χ0) is 7.82. The number of aliphatic hydroxyl groups is 1. The van der Waals surface area contributed by atoms with Gasteiger partial charge >= 0.3 is 5.97 Å². The van der Waals surface area contributed by atoms with Gasteiger partial charge in [-0.15, -0.1) is 0 Å². The van der Waals surface area contributed by atoms with Crippen LogP contribution in [0.5, 0.6) is 0 Å². The van der Waals surface area contributed by atoms with E-state index in [9.17, 15) is 4.79 Å². The number of hydrogen-bond acceptors (Lipinski definition) is 4. The minimum atomic E-state index is -0.233. The number of ether oxygens (including phenoxy) is 1. The van der Waals surface area contributed by atoms with Crippen molar-refractivity contribution < 1.29 is 14.6 Å². The number of esters is 1. The van der Waals surface area contributed by atoms with Gasteiger partial charge in [-0.25, -0.2) is 0 Å². The van der Waals surface area contributed by atoms with Crippen LogP contribution in [0.3, 0.4) is 0 Å². The average Bonchev–Trinajstić information content (AvgIpc) is 1.89. The van der Waals surface area contributed by atoms with Gasteiger partial charge in [0.05, 0.1) is 19.8 Å². The molecule has 0 bridgehead atoms. The van der Waals surface area contributed by atoms with Crippen molar-refractivity contribution in [3.8, 4) is 0 Å². The second-order valence-electron chi connectivity index (χ2n) is 1.71. The Balaban J connectivity index is 3.05. The molecule has 0 fully saturated rings. The van der Waals surface area contributed by atoms with E-state index in [1.807, 2.05) is 0 Å². The molecule has 0 aliphatic rings. The third-order valence-electron chi connectivity index (χ3n) is 0.923. The van der Waals surface area contributed by atoms with E-state index < -0.39 is 0 Å². The van der Waals surface area contributed by atoms with Gasteiger partial charge in [0.2, 0.25) is 0 Å². The Bertz CT molecular complexity index is 95.0. The Kier molecular flexibility index (Phi) is 6.11. The van der Waals surface area contributed by atoms with Crippen LogP contribution in [-0.4, -0.2) is 31.0 Å². The first-order chi connectivity index (χ1) is 4.81. The minimum Gasteiger partial charge on any atom is -0.466 e. The molecule has 0 unspecified atom stereocenters. The quantitative estimate of drug-likeness (QED) is 0.312. The van der Waals surface area contributed by atoms with Crippen molar-refractivity contribution in [2.75, 3.05) is 19.9 Å². The maximum atomic E-state index is 10.6. The van der Waals surface area contributed by atoms with Crippen molar-refractivity contribution in [2.24, 2.45) is 0 Å². The van der Waals surface area contributed by atoms with E-state index in [4.69, 9.17) is 5.11 Å². The number of carbonyl (C=O) groups is 1. The predicted molar refractivity (Wildman–Crippen MR) is 36.3 cm³/mol. The predicted octanol–water partition coefficient (Wildman–Crippen LogP) is -0.521. The molecular formula is C6H13NO3. The van der Waals surface area contributed by atoms with E-state index in [1.54, 1.807) is 6.92 Å². The SMILES string of the molecule is CCOC(=O)CCNCO. The summed E-state index contributed by atoms with van der Waals surface area (Å²) in [6, 6.07) is 0. The van der Waals surface area contributed by atoms with E-state index >= 15 is 0 Å². The van der Waals surface area contributed by atoms with Crippen LogP contribution < -0.4 is 5.32 Å². The Hall–Kier alpha value is -0.610. The maximum absolute atomic E-state index is 10.6. The van der Waals surface area contributed by atoms with Gasteiger partial charge in [-0.3, -0.25) is 10.1 Å². The highest BCUT2D eigenvalue weighted by atomic mass is 16.5. The summed E-state index contributed by atoms with van der Waals surface area (Å²) in [4.78, 5) is 10.6. The number of hydrogen-bond donors (Lipinski definition) is 2. The summed E-state index contributed by atoms with van der Waals surface area (Å²) in [5.41, 5.74) is 0. The molecule has 0 heterocycles. The minimum absolute atomic E-state index is 0.0978. The monoisotopic (exact) mass is 147 g/mol. The van der Waals surface area contributed by atoms with Crippen LogP contribution in [0.25, 0.3) is 0 Å². The number of aliphatic hydroxyl groups excluding tert-OH is 1. The highest BCUT2D eigenvalue weighted by Gasteiger charge is 1.98. The Morgan fingerprint density at radius 1 is 1.70 bits per heavy atom. The first-order valence-electron chi connectivity index (χ1n) is 3.28. The van der Waals surface area contributed by atoms with Crippen molar-refractivity contribution in [3.05, 3.63) is 0 Å². The van der Waals surface area contributed by atoms with Crippen LogP contribution in [0.1, 0.15) is 13.3 Å². The topological polar surface area (TPSA) is 58.6 Å². The van der Waals surface area contributed by atoms with E-state index in [2.05, 4.69) is 10.1 Å². The molecule has 0 amide bonds. The summed E-state index contributed by atoms with van der Waals surface area (Å²) in [5, 5.41) is 10.8. The van der Waals surface area contributed by atoms with Crippen molar-refractivity contribution in [2.45, 2.75) is 13.3 Å². The molecule has 0 aromatic rings. The zero-order valence-electron chi connectivity index (χ0n) is 6.09. The highest BCUT2D eigenvalue weighted by Crippen LogP contribution is 1.82. The second kappa shape index (κ2) is 6.51. The molecule has 0 atom stereocenters. The molecule has 0 spiro atoms. The number of nitrogens with one attached hydrogen (secondary N) is 1. The van der Waals surface area contributed by atoms with E-state index in [-0.39, 0.29) is 12.7 Å². The molecular weight excluding hydrogens is 134 g/mol. The molecule has 60 valence electrons. The van der Waals surface area contributed by atoms with Gasteiger partial charge < -0.3 is 9.84 Å². The zero-order valence-corrected chi connectivity index (χ0v) is 6.09. The van der Waals surface area contributed by atoms with Crippen LogP contribution in [0, 0.1) is 0 Å². The van der Waals surface area contributed by atoms with Crippen molar-refractivity contribution in [1.29, 1.82) is 0 Å². The van der Waals surface area contributed by atoms with Crippen molar-refractivity contribution >= 4 is 5.97 Å². The smallest absolute Gasteiger partial charge is 0.307 e. The third-order valence-corrected chi connectivity index (χ3v) is 0.923. The van der Waals surface area contributed by atoms with Crippen LogP contribution >= 0.6 is 0 Å². The van der Waals surface area contributed by atoms with Gasteiger partial charge in [0.25, 0.3) is 0 Å². The summed E-state index contributed by atoms with van der Waals surface area (Å²) in [6.07, 6.45) is 0.314. The summed E-state index contributed by atoms with van der Waals surface area (Å²) in [6.45, 7) is 2.55. The Morgan fingerprint density at radius 3 is 2.90 bits per heavy atom. The third kappa shape index (κ3) is 5.53. The van der Waals surface area contributed by atoms with Gasteiger partial charge in [-0.05, 0) is 6.92 Å². The lowest BCUT2D eigenvalue weighted by Crippen LogP contribution is -2.19. The molecule has 0 aromatic heterocycles. The van der Waals surface area contributed by atoms with E-state index in [0.29, 0.717) is 19.6 Å². The van der Waals surface area contributed by atoms with Crippen LogP contribution in [0.15, 0.2) is 0 Å². The number of rotatable bonds is 5. The molecule has 0 saturated heterocycles. The van der Waals surface area contributed by atoms with Gasteiger partial charge in [0.1, 0.15) is 0 Å². The number of carbonyl (C=O) groups excluding carboxylic acids is 1. The van der Waals surface area contributed by atoms with E-state index in [1.165, 1.54) is 0 Å². The fourth-order valence-electron chi connectivity index (χ4n) is 0.503. The molecule has 2 N–H and O–H groups in total. The van der Waals surface area contributed by atoms with Crippen LogP contribution in [-0.2, 0) is 9.53 Å². The maximum Gasteiger partial charge on any atom is 0.307 e. The van der Waals surface area contributed by atoms with Gasteiger partial charge in [0.15, 0.2) is 0 Å². The van der Waals surface area contributed by atoms with Gasteiger partial charge in [-0.1, -0.05) is 0 Å². The molecule has 0 aliphatic carbocycles. The molecule has 10 heavy (non-hydrogen) atoms. The molecule has 4 heteroatoms. The summed E-state index contributed by atoms with van der Waals surface area (Å²) in [7, 11) is 0. The second-order valence-corrected chi connectivity index (χ2v) is 1.71. The van der Waals surface area contributed by atoms with Crippen LogP contribution in [0.4, 0.5) is 0 Å². The van der Waals surface area contributed by atoms with E-state index in [0.717, 1.165) is 0 Å². The molecule has 0 aliphatic heterocycles. The van der Waals surface area contributed by atoms with Crippen LogP contribution in [0.2, 0.25) is 0 Å². The fraction of sp³-hybridized carbons (Fsp3) is 0.833. The fourth-order valence-corrected chi connectivity index (χ4v) is 0.503. The first-order valence-corrected chi connectivity index (χ1v) is 3.28. The molecule has 4 nitrogen and oxygen atoms in total. The van der Waals surface area contributed by atoms with Crippen molar-refractivity contribution in [1.82, 2.24) is 5.32 Å². The Morgan fingerprint density at radius 2 is 2.40 bits per heavy atom. The lowest BCUT2D eigenvalue weighted by molar-refractivity contribution is -0.143. The Labute approximate surface area is 60.2 Å². The summed E-state index contributed by atoms with van der Waals surface area (Å²) < 4.78 is 4.63. The lowest BCUT2D eigenvalue weighted by atomic mass is 10.4.